The molecule has 2 aromatic rings. The van der Waals surface area contributed by atoms with Gasteiger partial charge >= 0.3 is 0 Å². The van der Waals surface area contributed by atoms with Crippen LogP contribution in [0.1, 0.15) is 11.3 Å². The second kappa shape index (κ2) is 5.79. The number of rotatable bonds is 2. The molecule has 1 aliphatic rings. The van der Waals surface area contributed by atoms with E-state index in [2.05, 4.69) is 4.98 Å². The lowest BCUT2D eigenvalue weighted by Gasteiger charge is -2.14. The van der Waals surface area contributed by atoms with Crippen LogP contribution in [0.25, 0.3) is 6.08 Å². The second-order valence-electron chi connectivity index (χ2n) is 4.61. The van der Waals surface area contributed by atoms with Gasteiger partial charge in [0.1, 0.15) is 0 Å². The molecule has 3 nitrogen and oxygen atoms in total. The number of aryl methyl sites for hydroxylation is 1. The first kappa shape index (κ1) is 14.0. The van der Waals surface area contributed by atoms with Crippen molar-refractivity contribution < 1.29 is 4.79 Å². The molecule has 0 N–H and O–H groups in total. The van der Waals surface area contributed by atoms with Crippen LogP contribution in [0.4, 0.5) is 5.69 Å². The summed E-state index contributed by atoms with van der Waals surface area (Å²) in [6.07, 6.45) is 3.47. The maximum Gasteiger partial charge on any atom is 0.270 e. The molecule has 0 bridgehead atoms. The molecule has 21 heavy (non-hydrogen) atoms. The van der Waals surface area contributed by atoms with Gasteiger partial charge in [-0.1, -0.05) is 42.2 Å². The van der Waals surface area contributed by atoms with Crippen molar-refractivity contribution in [2.45, 2.75) is 6.92 Å². The molecule has 0 atom stereocenters. The highest BCUT2D eigenvalue weighted by Gasteiger charge is 2.33. The molecule has 104 valence electrons. The number of hydrogen-bond acceptors (Lipinski definition) is 4. The van der Waals surface area contributed by atoms with Gasteiger partial charge in [0.25, 0.3) is 5.91 Å². The molecule has 0 spiro atoms. The molecule has 1 aromatic heterocycles. The van der Waals surface area contributed by atoms with Crippen molar-refractivity contribution >= 4 is 46.0 Å². The third kappa shape index (κ3) is 2.89. The quantitative estimate of drug-likeness (QED) is 0.624. The standard InChI is InChI=1S/C16H12N2OS2/c1-11-5-4-7-13(9-11)18-15(19)14(21-16(18)20)10-12-6-2-3-8-17-12/h2-10H,1H3/b14-10+. The Balaban J connectivity index is 1.94. The fraction of sp³-hybridized carbons (Fsp3) is 0.0625. The van der Waals surface area contributed by atoms with E-state index in [4.69, 9.17) is 12.2 Å². The van der Waals surface area contributed by atoms with Crippen molar-refractivity contribution in [1.29, 1.82) is 0 Å². The SMILES string of the molecule is Cc1cccc(N2C(=O)/C(=C\c3ccccn3)SC2=S)c1. The highest BCUT2D eigenvalue weighted by Crippen LogP contribution is 2.35. The first-order chi connectivity index (χ1) is 10.1. The van der Waals surface area contributed by atoms with Crippen molar-refractivity contribution in [1.82, 2.24) is 4.98 Å². The molecule has 1 saturated heterocycles. The number of carbonyl (C=O) groups is 1. The van der Waals surface area contributed by atoms with Crippen LogP contribution >= 0.6 is 24.0 Å². The largest absolute Gasteiger partial charge is 0.270 e. The van der Waals surface area contributed by atoms with Crippen LogP contribution in [0.2, 0.25) is 0 Å². The van der Waals surface area contributed by atoms with Gasteiger partial charge in [-0.2, -0.15) is 0 Å². The minimum atomic E-state index is -0.0961. The van der Waals surface area contributed by atoms with E-state index in [0.29, 0.717) is 9.23 Å². The number of amides is 1. The number of anilines is 1. The van der Waals surface area contributed by atoms with Gasteiger partial charge in [-0.3, -0.25) is 14.7 Å². The van der Waals surface area contributed by atoms with Gasteiger partial charge in [-0.05, 0) is 42.8 Å². The predicted molar refractivity (Wildman–Crippen MR) is 91.1 cm³/mol. The Morgan fingerprint density at radius 3 is 2.81 bits per heavy atom. The number of aromatic nitrogens is 1. The summed E-state index contributed by atoms with van der Waals surface area (Å²) in [6.45, 7) is 1.99. The summed E-state index contributed by atoms with van der Waals surface area (Å²) in [4.78, 5) is 18.9. The van der Waals surface area contributed by atoms with Gasteiger partial charge in [0.05, 0.1) is 16.3 Å². The van der Waals surface area contributed by atoms with Crippen molar-refractivity contribution in [3.63, 3.8) is 0 Å². The Morgan fingerprint density at radius 1 is 1.24 bits per heavy atom. The zero-order chi connectivity index (χ0) is 14.8. The van der Waals surface area contributed by atoms with Crippen LogP contribution in [0.3, 0.4) is 0 Å². The zero-order valence-electron chi connectivity index (χ0n) is 11.3. The molecule has 1 fully saturated rings. The van der Waals surface area contributed by atoms with Crippen molar-refractivity contribution in [2.24, 2.45) is 0 Å². The van der Waals surface area contributed by atoms with Gasteiger partial charge in [0.15, 0.2) is 4.32 Å². The highest BCUT2D eigenvalue weighted by molar-refractivity contribution is 8.27. The monoisotopic (exact) mass is 312 g/mol. The van der Waals surface area contributed by atoms with Crippen LogP contribution in [0, 0.1) is 6.92 Å². The van der Waals surface area contributed by atoms with Crippen molar-refractivity contribution in [2.75, 3.05) is 4.90 Å². The molecule has 0 unspecified atom stereocenters. The molecule has 0 radical (unpaired) electrons. The van der Waals surface area contributed by atoms with E-state index >= 15 is 0 Å². The van der Waals surface area contributed by atoms with Crippen LogP contribution in [0.5, 0.6) is 0 Å². The maximum absolute atomic E-state index is 12.6. The summed E-state index contributed by atoms with van der Waals surface area (Å²) in [5.74, 6) is -0.0961. The van der Waals surface area contributed by atoms with Crippen LogP contribution in [-0.2, 0) is 4.79 Å². The van der Waals surface area contributed by atoms with Crippen LogP contribution in [0.15, 0.2) is 53.6 Å². The number of benzene rings is 1. The van der Waals surface area contributed by atoms with Gasteiger partial charge in [-0.25, -0.2) is 0 Å². The minimum Gasteiger partial charge on any atom is -0.268 e. The van der Waals surface area contributed by atoms with E-state index in [1.54, 1.807) is 17.2 Å². The van der Waals surface area contributed by atoms with Gasteiger partial charge in [-0.15, -0.1) is 0 Å². The van der Waals surface area contributed by atoms with Crippen molar-refractivity contribution in [3.8, 4) is 0 Å². The number of carbonyl (C=O) groups excluding carboxylic acids is 1. The lowest BCUT2D eigenvalue weighted by atomic mass is 10.2. The van der Waals surface area contributed by atoms with Crippen LogP contribution < -0.4 is 4.90 Å². The van der Waals surface area contributed by atoms with E-state index in [1.165, 1.54) is 11.8 Å². The van der Waals surface area contributed by atoms with Crippen molar-refractivity contribution in [3.05, 3.63) is 64.8 Å². The Labute approximate surface area is 132 Å². The number of thioether (sulfide) groups is 1. The van der Waals surface area contributed by atoms with E-state index in [0.717, 1.165) is 16.9 Å². The molecular weight excluding hydrogens is 300 g/mol. The first-order valence-electron chi connectivity index (χ1n) is 6.41. The van der Waals surface area contributed by atoms with Gasteiger partial charge < -0.3 is 0 Å². The van der Waals surface area contributed by atoms with E-state index in [9.17, 15) is 4.79 Å². The summed E-state index contributed by atoms with van der Waals surface area (Å²) in [5.41, 5.74) is 2.65. The zero-order valence-corrected chi connectivity index (χ0v) is 12.9. The number of pyridine rings is 1. The summed E-state index contributed by atoms with van der Waals surface area (Å²) in [7, 11) is 0. The first-order valence-corrected chi connectivity index (χ1v) is 7.63. The number of thiocarbonyl (C=S) groups is 1. The highest BCUT2D eigenvalue weighted by atomic mass is 32.2. The number of nitrogens with zero attached hydrogens (tertiary/aromatic N) is 2. The topological polar surface area (TPSA) is 33.2 Å². The molecule has 0 aliphatic carbocycles. The Hall–Kier alpha value is -1.98. The molecule has 3 rings (SSSR count). The molecular formula is C16H12N2OS2. The lowest BCUT2D eigenvalue weighted by Crippen LogP contribution is -2.27. The Kier molecular flexibility index (Phi) is 3.86. The summed E-state index contributed by atoms with van der Waals surface area (Å²) < 4.78 is 0.549. The third-order valence-electron chi connectivity index (χ3n) is 3.02. The molecule has 1 aromatic carbocycles. The number of hydrogen-bond donors (Lipinski definition) is 0. The molecule has 0 saturated carbocycles. The third-order valence-corrected chi connectivity index (χ3v) is 4.32. The van der Waals surface area contributed by atoms with Gasteiger partial charge in [0, 0.05) is 6.20 Å². The summed E-state index contributed by atoms with van der Waals surface area (Å²) in [5, 5.41) is 0. The normalized spacial score (nSPS) is 16.8. The molecule has 1 aliphatic heterocycles. The molecule has 2 heterocycles. The average molecular weight is 312 g/mol. The summed E-state index contributed by atoms with van der Waals surface area (Å²) >= 11 is 6.65. The fourth-order valence-electron chi connectivity index (χ4n) is 2.05. The van der Waals surface area contributed by atoms with E-state index in [1.807, 2.05) is 49.4 Å². The molecule has 5 heteroatoms. The van der Waals surface area contributed by atoms with Crippen LogP contribution in [-0.4, -0.2) is 15.2 Å². The van der Waals surface area contributed by atoms with E-state index in [-0.39, 0.29) is 5.91 Å². The lowest BCUT2D eigenvalue weighted by molar-refractivity contribution is -0.113. The average Bonchev–Trinajstić information content (AvgIpc) is 2.74. The Bertz CT molecular complexity index is 741. The fourth-order valence-corrected chi connectivity index (χ4v) is 3.34. The van der Waals surface area contributed by atoms with Gasteiger partial charge in [0.2, 0.25) is 0 Å². The second-order valence-corrected chi connectivity index (χ2v) is 6.29. The maximum atomic E-state index is 12.6. The summed E-state index contributed by atoms with van der Waals surface area (Å²) in [6, 6.07) is 13.3. The van der Waals surface area contributed by atoms with E-state index < -0.39 is 0 Å². The Morgan fingerprint density at radius 2 is 2.10 bits per heavy atom. The smallest absolute Gasteiger partial charge is 0.268 e. The molecule has 1 amide bonds. The predicted octanol–water partition coefficient (Wildman–Crippen LogP) is 3.80. The minimum absolute atomic E-state index is 0.0961.